The SMILES string of the molecule is CS(=O)(=O)c1ccc(C(=O)OCCOC(c2ccccc2)c2ccccc2)cc1. The molecule has 0 saturated carbocycles. The molecule has 0 bridgehead atoms. The summed E-state index contributed by atoms with van der Waals surface area (Å²) in [6, 6.07) is 25.3. The van der Waals surface area contributed by atoms with E-state index in [1.165, 1.54) is 24.3 Å². The maximum Gasteiger partial charge on any atom is 0.338 e. The van der Waals surface area contributed by atoms with Gasteiger partial charge in [-0.15, -0.1) is 0 Å². The second-order valence-corrected chi connectivity index (χ2v) is 8.52. The number of hydrogen-bond acceptors (Lipinski definition) is 5. The molecule has 0 amide bonds. The molecule has 0 N–H and O–H groups in total. The predicted octanol–water partition coefficient (Wildman–Crippen LogP) is 4.05. The maximum absolute atomic E-state index is 12.2. The van der Waals surface area contributed by atoms with Crippen molar-refractivity contribution in [3.63, 3.8) is 0 Å². The van der Waals surface area contributed by atoms with Crippen LogP contribution in [0.2, 0.25) is 0 Å². The summed E-state index contributed by atoms with van der Waals surface area (Å²) in [7, 11) is -3.30. The molecule has 0 aliphatic carbocycles. The van der Waals surface area contributed by atoms with E-state index in [0.717, 1.165) is 17.4 Å². The van der Waals surface area contributed by atoms with E-state index < -0.39 is 15.8 Å². The first kappa shape index (κ1) is 20.8. The molecule has 0 saturated heterocycles. The third kappa shape index (κ3) is 5.76. The Morgan fingerprint density at radius 1 is 0.793 bits per heavy atom. The van der Waals surface area contributed by atoms with E-state index in [0.29, 0.717) is 5.56 Å². The van der Waals surface area contributed by atoms with Gasteiger partial charge in [0.2, 0.25) is 0 Å². The van der Waals surface area contributed by atoms with Crippen molar-refractivity contribution in [3.05, 3.63) is 102 Å². The van der Waals surface area contributed by atoms with Crippen LogP contribution in [-0.4, -0.2) is 33.9 Å². The molecule has 29 heavy (non-hydrogen) atoms. The summed E-state index contributed by atoms with van der Waals surface area (Å²) < 4.78 is 34.3. The fraction of sp³-hybridized carbons (Fsp3) is 0.174. The monoisotopic (exact) mass is 410 g/mol. The number of rotatable bonds is 8. The van der Waals surface area contributed by atoms with Crippen LogP contribution in [0.1, 0.15) is 27.6 Å². The Labute approximate surface area is 170 Å². The zero-order valence-corrected chi connectivity index (χ0v) is 16.8. The second kappa shape index (κ2) is 9.49. The van der Waals surface area contributed by atoms with Crippen molar-refractivity contribution >= 4 is 15.8 Å². The fourth-order valence-corrected chi connectivity index (χ4v) is 3.49. The van der Waals surface area contributed by atoms with E-state index in [-0.39, 0.29) is 24.2 Å². The molecule has 0 heterocycles. The topological polar surface area (TPSA) is 69.7 Å². The molecule has 0 unspecified atom stereocenters. The van der Waals surface area contributed by atoms with Gasteiger partial charge in [-0.2, -0.15) is 0 Å². The maximum atomic E-state index is 12.2. The van der Waals surface area contributed by atoms with E-state index in [1.54, 1.807) is 0 Å². The molecular formula is C23H22O5S. The number of hydrogen-bond donors (Lipinski definition) is 0. The first-order valence-corrected chi connectivity index (χ1v) is 11.0. The van der Waals surface area contributed by atoms with E-state index in [9.17, 15) is 13.2 Å². The van der Waals surface area contributed by atoms with E-state index >= 15 is 0 Å². The lowest BCUT2D eigenvalue weighted by Crippen LogP contribution is -2.14. The first-order valence-electron chi connectivity index (χ1n) is 9.14. The standard InChI is InChI=1S/C23H22O5S/c1-29(25,26)21-14-12-20(13-15-21)23(24)28-17-16-27-22(18-8-4-2-5-9-18)19-10-6-3-7-11-19/h2-15,22H,16-17H2,1H3. The van der Waals surface area contributed by atoms with Gasteiger partial charge in [-0.05, 0) is 35.4 Å². The Balaban J connectivity index is 1.58. The van der Waals surface area contributed by atoms with Crippen LogP contribution >= 0.6 is 0 Å². The lowest BCUT2D eigenvalue weighted by Gasteiger charge is -2.19. The Morgan fingerprint density at radius 2 is 1.31 bits per heavy atom. The third-order valence-corrected chi connectivity index (χ3v) is 5.45. The van der Waals surface area contributed by atoms with Crippen molar-refractivity contribution < 1.29 is 22.7 Å². The minimum atomic E-state index is -3.30. The Kier molecular flexibility index (Phi) is 6.80. The van der Waals surface area contributed by atoms with Gasteiger partial charge in [-0.3, -0.25) is 0 Å². The molecule has 5 nitrogen and oxygen atoms in total. The molecule has 0 aliphatic heterocycles. The van der Waals surface area contributed by atoms with Gasteiger partial charge in [-0.25, -0.2) is 13.2 Å². The van der Waals surface area contributed by atoms with Crippen molar-refractivity contribution in [1.29, 1.82) is 0 Å². The van der Waals surface area contributed by atoms with E-state index in [1.807, 2.05) is 60.7 Å². The Bertz CT molecular complexity index is 990. The minimum absolute atomic E-state index is 0.0861. The normalized spacial score (nSPS) is 11.4. The number of carbonyl (C=O) groups is 1. The number of benzene rings is 3. The highest BCUT2D eigenvalue weighted by molar-refractivity contribution is 7.90. The van der Waals surface area contributed by atoms with Crippen LogP contribution in [0.25, 0.3) is 0 Å². The summed E-state index contributed by atoms with van der Waals surface area (Å²) in [6.07, 6.45) is 0.859. The molecule has 6 heteroatoms. The average molecular weight is 410 g/mol. The van der Waals surface area contributed by atoms with Gasteiger partial charge in [0.05, 0.1) is 17.1 Å². The highest BCUT2D eigenvalue weighted by Gasteiger charge is 2.15. The summed E-state index contributed by atoms with van der Waals surface area (Å²) in [5.41, 5.74) is 2.32. The number of esters is 1. The van der Waals surface area contributed by atoms with E-state index in [2.05, 4.69) is 0 Å². The summed E-state index contributed by atoms with van der Waals surface area (Å²) in [4.78, 5) is 12.3. The van der Waals surface area contributed by atoms with Gasteiger partial charge in [0, 0.05) is 6.26 Å². The highest BCUT2D eigenvalue weighted by Crippen LogP contribution is 2.25. The third-order valence-electron chi connectivity index (χ3n) is 4.32. The molecule has 0 fully saturated rings. The molecule has 0 aliphatic rings. The summed E-state index contributed by atoms with van der Waals surface area (Å²) in [5, 5.41) is 0. The van der Waals surface area contributed by atoms with Crippen molar-refractivity contribution in [2.45, 2.75) is 11.0 Å². The predicted molar refractivity (Wildman–Crippen MR) is 111 cm³/mol. The van der Waals surface area contributed by atoms with Crippen LogP contribution in [0.15, 0.2) is 89.8 Å². The molecular weight excluding hydrogens is 388 g/mol. The lowest BCUT2D eigenvalue weighted by atomic mass is 10.0. The van der Waals surface area contributed by atoms with Crippen LogP contribution in [-0.2, 0) is 19.3 Å². The van der Waals surface area contributed by atoms with Gasteiger partial charge in [-0.1, -0.05) is 60.7 Å². The smallest absolute Gasteiger partial charge is 0.338 e. The molecule has 0 radical (unpaired) electrons. The summed E-state index contributed by atoms with van der Waals surface area (Å²) in [6.45, 7) is 0.310. The van der Waals surface area contributed by atoms with Gasteiger partial charge in [0.15, 0.2) is 9.84 Å². The first-order chi connectivity index (χ1) is 13.9. The number of carbonyl (C=O) groups excluding carboxylic acids is 1. The van der Waals surface area contributed by atoms with Crippen molar-refractivity contribution in [2.75, 3.05) is 19.5 Å². The fourth-order valence-electron chi connectivity index (χ4n) is 2.86. The zero-order valence-electron chi connectivity index (χ0n) is 16.0. The van der Waals surface area contributed by atoms with Gasteiger partial charge in [0.25, 0.3) is 0 Å². The van der Waals surface area contributed by atoms with Crippen LogP contribution in [0.3, 0.4) is 0 Å². The lowest BCUT2D eigenvalue weighted by molar-refractivity contribution is 0.0179. The van der Waals surface area contributed by atoms with Crippen LogP contribution in [0, 0.1) is 0 Å². The molecule has 0 aromatic heterocycles. The number of sulfone groups is 1. The zero-order chi connectivity index (χ0) is 20.7. The highest BCUT2D eigenvalue weighted by atomic mass is 32.2. The van der Waals surface area contributed by atoms with Crippen molar-refractivity contribution in [2.24, 2.45) is 0 Å². The molecule has 3 rings (SSSR count). The summed E-state index contributed by atoms with van der Waals surface area (Å²) >= 11 is 0. The van der Waals surface area contributed by atoms with Gasteiger partial charge < -0.3 is 9.47 Å². The molecule has 0 atom stereocenters. The molecule has 3 aromatic carbocycles. The quantitative estimate of drug-likeness (QED) is 0.414. The van der Waals surface area contributed by atoms with Crippen LogP contribution < -0.4 is 0 Å². The van der Waals surface area contributed by atoms with Gasteiger partial charge >= 0.3 is 5.97 Å². The molecule has 0 spiro atoms. The Hall–Kier alpha value is -2.96. The van der Waals surface area contributed by atoms with Crippen molar-refractivity contribution in [1.82, 2.24) is 0 Å². The Morgan fingerprint density at radius 3 is 1.79 bits per heavy atom. The summed E-state index contributed by atoms with van der Waals surface area (Å²) in [5.74, 6) is -0.523. The number of ether oxygens (including phenoxy) is 2. The van der Waals surface area contributed by atoms with Crippen molar-refractivity contribution in [3.8, 4) is 0 Å². The average Bonchev–Trinajstić information content (AvgIpc) is 2.74. The van der Waals surface area contributed by atoms with Crippen LogP contribution in [0.4, 0.5) is 0 Å². The largest absolute Gasteiger partial charge is 0.460 e. The van der Waals surface area contributed by atoms with Crippen LogP contribution in [0.5, 0.6) is 0 Å². The molecule has 150 valence electrons. The molecule has 3 aromatic rings. The minimum Gasteiger partial charge on any atom is -0.460 e. The van der Waals surface area contributed by atoms with Gasteiger partial charge in [0.1, 0.15) is 12.7 Å². The second-order valence-electron chi connectivity index (χ2n) is 6.50. The van der Waals surface area contributed by atoms with E-state index in [4.69, 9.17) is 9.47 Å².